The quantitative estimate of drug-likeness (QED) is 0.445. The van der Waals surface area contributed by atoms with Crippen LogP contribution in [0.15, 0.2) is 30.5 Å². The molecule has 1 aliphatic rings. The second-order valence-corrected chi connectivity index (χ2v) is 8.22. The van der Waals surface area contributed by atoms with Gasteiger partial charge in [0.2, 0.25) is 5.91 Å². The Morgan fingerprint density at radius 2 is 2.03 bits per heavy atom. The highest BCUT2D eigenvalue weighted by Gasteiger charge is 2.37. The van der Waals surface area contributed by atoms with Gasteiger partial charge in [-0.25, -0.2) is 4.79 Å². The summed E-state index contributed by atoms with van der Waals surface area (Å²) in [4.78, 5) is 41.5. The average Bonchev–Trinajstić information content (AvgIpc) is 3.24. The van der Waals surface area contributed by atoms with Gasteiger partial charge in [0.05, 0.1) is 12.6 Å². The van der Waals surface area contributed by atoms with Crippen molar-refractivity contribution < 1.29 is 19.5 Å². The van der Waals surface area contributed by atoms with Crippen LogP contribution < -0.4 is 10.6 Å². The Balaban J connectivity index is 1.50. The van der Waals surface area contributed by atoms with Gasteiger partial charge in [-0.05, 0) is 36.8 Å². The number of aliphatic hydroxyl groups is 1. The minimum absolute atomic E-state index is 0.113. The van der Waals surface area contributed by atoms with E-state index in [4.69, 9.17) is 0 Å². The zero-order valence-corrected chi connectivity index (χ0v) is 17.5. The molecule has 4 amide bonds. The molecule has 8 nitrogen and oxygen atoms in total. The van der Waals surface area contributed by atoms with Crippen molar-refractivity contribution >= 4 is 28.7 Å². The first-order valence-corrected chi connectivity index (χ1v) is 10.5. The van der Waals surface area contributed by atoms with E-state index in [1.54, 1.807) is 0 Å². The van der Waals surface area contributed by atoms with Gasteiger partial charge >= 0.3 is 6.03 Å². The molecule has 1 aromatic carbocycles. The number of nitrogens with one attached hydrogen (secondary N) is 3. The molecule has 0 aliphatic carbocycles. The van der Waals surface area contributed by atoms with Crippen LogP contribution in [-0.2, 0) is 16.0 Å². The summed E-state index contributed by atoms with van der Waals surface area (Å²) in [6.45, 7) is 4.21. The molecule has 162 valence electrons. The Morgan fingerprint density at radius 1 is 1.27 bits per heavy atom. The van der Waals surface area contributed by atoms with Crippen molar-refractivity contribution in [2.75, 3.05) is 13.2 Å². The molecule has 2 heterocycles. The SMILES string of the molecule is CC(C)C[C@@H](CO)NC(=O)CC[C@H]1NC(=O)N(CCc2c[nH]c3ccccc23)C1=O. The van der Waals surface area contributed by atoms with E-state index < -0.39 is 12.1 Å². The number of H-pyrrole nitrogens is 1. The molecular formula is C22H30N4O4. The van der Waals surface area contributed by atoms with E-state index >= 15 is 0 Å². The van der Waals surface area contributed by atoms with Crippen molar-refractivity contribution in [2.24, 2.45) is 5.92 Å². The van der Waals surface area contributed by atoms with Gasteiger partial charge in [0.1, 0.15) is 6.04 Å². The van der Waals surface area contributed by atoms with E-state index in [1.807, 2.05) is 44.3 Å². The number of rotatable bonds is 10. The predicted octanol–water partition coefficient (Wildman–Crippen LogP) is 1.93. The summed E-state index contributed by atoms with van der Waals surface area (Å²) in [6.07, 6.45) is 3.49. The number of aromatic amines is 1. The minimum Gasteiger partial charge on any atom is -0.394 e. The number of benzene rings is 1. The number of aliphatic hydroxyl groups excluding tert-OH is 1. The largest absolute Gasteiger partial charge is 0.394 e. The van der Waals surface area contributed by atoms with Crippen LogP contribution in [-0.4, -0.2) is 58.1 Å². The highest BCUT2D eigenvalue weighted by atomic mass is 16.3. The average molecular weight is 415 g/mol. The molecular weight excluding hydrogens is 384 g/mol. The lowest BCUT2D eigenvalue weighted by atomic mass is 10.0. The van der Waals surface area contributed by atoms with E-state index in [-0.39, 0.29) is 43.8 Å². The van der Waals surface area contributed by atoms with E-state index in [2.05, 4.69) is 15.6 Å². The van der Waals surface area contributed by atoms with Gasteiger partial charge in [0, 0.05) is 30.1 Å². The van der Waals surface area contributed by atoms with Crippen molar-refractivity contribution in [3.63, 3.8) is 0 Å². The van der Waals surface area contributed by atoms with Crippen molar-refractivity contribution in [3.8, 4) is 0 Å². The molecule has 0 unspecified atom stereocenters. The van der Waals surface area contributed by atoms with Crippen molar-refractivity contribution in [1.29, 1.82) is 0 Å². The Hall–Kier alpha value is -2.87. The van der Waals surface area contributed by atoms with Crippen LogP contribution in [0.1, 0.15) is 38.7 Å². The number of aromatic nitrogens is 1. The molecule has 0 radical (unpaired) electrons. The van der Waals surface area contributed by atoms with Crippen molar-refractivity contribution in [1.82, 2.24) is 20.5 Å². The lowest BCUT2D eigenvalue weighted by molar-refractivity contribution is -0.127. The van der Waals surface area contributed by atoms with Crippen LogP contribution in [0.2, 0.25) is 0 Å². The molecule has 2 atom stereocenters. The number of amides is 4. The fourth-order valence-corrected chi connectivity index (χ4v) is 3.88. The van der Waals surface area contributed by atoms with Crippen LogP contribution in [0.5, 0.6) is 0 Å². The number of hydrogen-bond donors (Lipinski definition) is 4. The Morgan fingerprint density at radius 3 is 2.77 bits per heavy atom. The third kappa shape index (κ3) is 5.18. The molecule has 30 heavy (non-hydrogen) atoms. The number of carbonyl (C=O) groups is 3. The van der Waals surface area contributed by atoms with Gasteiger partial charge < -0.3 is 20.7 Å². The Kier molecular flexibility index (Phi) is 7.10. The van der Waals surface area contributed by atoms with E-state index in [1.165, 1.54) is 4.90 Å². The molecule has 0 bridgehead atoms. The molecule has 1 aliphatic heterocycles. The molecule has 0 saturated carbocycles. The molecule has 4 N–H and O–H groups in total. The van der Waals surface area contributed by atoms with E-state index in [0.29, 0.717) is 18.8 Å². The molecule has 1 fully saturated rings. The van der Waals surface area contributed by atoms with E-state index in [9.17, 15) is 19.5 Å². The summed E-state index contributed by atoms with van der Waals surface area (Å²) >= 11 is 0. The van der Waals surface area contributed by atoms with Crippen molar-refractivity contribution in [3.05, 3.63) is 36.0 Å². The number of nitrogens with zero attached hydrogens (tertiary/aromatic N) is 1. The lowest BCUT2D eigenvalue weighted by Gasteiger charge is -2.18. The molecule has 8 heteroatoms. The maximum absolute atomic E-state index is 12.6. The first kappa shape index (κ1) is 21.8. The molecule has 2 aromatic rings. The summed E-state index contributed by atoms with van der Waals surface area (Å²) in [5.74, 6) is -0.175. The number of hydrogen-bond acceptors (Lipinski definition) is 4. The Labute approximate surface area is 176 Å². The Bertz CT molecular complexity index is 907. The molecule has 1 aromatic heterocycles. The monoisotopic (exact) mass is 414 g/mol. The number of fused-ring (bicyclic) bond motifs is 1. The van der Waals surface area contributed by atoms with Gasteiger partial charge in [0.25, 0.3) is 5.91 Å². The number of imide groups is 1. The maximum atomic E-state index is 12.6. The predicted molar refractivity (Wildman–Crippen MR) is 114 cm³/mol. The second kappa shape index (κ2) is 9.75. The zero-order valence-electron chi connectivity index (χ0n) is 17.5. The number of carbonyl (C=O) groups excluding carboxylic acids is 3. The van der Waals surface area contributed by atoms with Crippen LogP contribution in [0.3, 0.4) is 0 Å². The third-order valence-corrected chi connectivity index (χ3v) is 5.39. The summed E-state index contributed by atoms with van der Waals surface area (Å²) in [5, 5.41) is 15.9. The fraction of sp³-hybridized carbons (Fsp3) is 0.500. The maximum Gasteiger partial charge on any atom is 0.324 e. The molecule has 0 spiro atoms. The van der Waals surface area contributed by atoms with Gasteiger partial charge in [-0.3, -0.25) is 14.5 Å². The first-order chi connectivity index (χ1) is 14.4. The van der Waals surface area contributed by atoms with Crippen LogP contribution in [0.4, 0.5) is 4.79 Å². The second-order valence-electron chi connectivity index (χ2n) is 8.22. The number of para-hydroxylation sites is 1. The van der Waals surface area contributed by atoms with Crippen LogP contribution in [0, 0.1) is 5.92 Å². The van der Waals surface area contributed by atoms with Gasteiger partial charge in [0.15, 0.2) is 0 Å². The standard InChI is InChI=1S/C22H30N4O4/c1-14(2)11-16(13-27)24-20(28)8-7-19-21(29)26(22(30)25-19)10-9-15-12-23-18-6-4-3-5-17(15)18/h3-6,12,14,16,19,23,27H,7-11,13H2,1-2H3,(H,24,28)(H,25,30)/t16-,19+/m0/s1. The van der Waals surface area contributed by atoms with E-state index in [0.717, 1.165) is 16.5 Å². The zero-order chi connectivity index (χ0) is 21.7. The van der Waals surface area contributed by atoms with Crippen LogP contribution >= 0.6 is 0 Å². The minimum atomic E-state index is -0.691. The van der Waals surface area contributed by atoms with Gasteiger partial charge in [-0.2, -0.15) is 0 Å². The third-order valence-electron chi connectivity index (χ3n) is 5.39. The first-order valence-electron chi connectivity index (χ1n) is 10.5. The number of urea groups is 1. The highest BCUT2D eigenvalue weighted by Crippen LogP contribution is 2.19. The summed E-state index contributed by atoms with van der Waals surface area (Å²) < 4.78 is 0. The van der Waals surface area contributed by atoms with Gasteiger partial charge in [-0.1, -0.05) is 32.0 Å². The van der Waals surface area contributed by atoms with Crippen molar-refractivity contribution in [2.45, 2.75) is 51.6 Å². The summed E-state index contributed by atoms with van der Waals surface area (Å²) in [7, 11) is 0. The summed E-state index contributed by atoms with van der Waals surface area (Å²) in [6, 6.07) is 6.49. The summed E-state index contributed by atoms with van der Waals surface area (Å²) in [5.41, 5.74) is 2.07. The molecule has 1 saturated heterocycles. The lowest BCUT2D eigenvalue weighted by Crippen LogP contribution is -2.39. The van der Waals surface area contributed by atoms with Crippen LogP contribution in [0.25, 0.3) is 10.9 Å². The normalized spacial score (nSPS) is 17.6. The highest BCUT2D eigenvalue weighted by molar-refractivity contribution is 6.04. The fourth-order valence-electron chi connectivity index (χ4n) is 3.88. The topological polar surface area (TPSA) is 115 Å². The molecule has 3 rings (SSSR count). The smallest absolute Gasteiger partial charge is 0.324 e. The van der Waals surface area contributed by atoms with Gasteiger partial charge in [-0.15, -0.1) is 0 Å².